The van der Waals surface area contributed by atoms with Crippen LogP contribution in [-0.4, -0.2) is 49.1 Å². The Bertz CT molecular complexity index is 660. The van der Waals surface area contributed by atoms with E-state index in [1.807, 2.05) is 0 Å². The predicted octanol–water partition coefficient (Wildman–Crippen LogP) is 2.69. The number of hydrogen-bond donors (Lipinski definition) is 0. The maximum atomic E-state index is 12.4. The van der Waals surface area contributed by atoms with E-state index in [-0.39, 0.29) is 11.3 Å². The zero-order valence-corrected chi connectivity index (χ0v) is 15.3. The number of hydrogen-bond acceptors (Lipinski definition) is 3. The summed E-state index contributed by atoms with van der Waals surface area (Å²) in [5, 5.41) is -0.0968. The van der Waals surface area contributed by atoms with E-state index < -0.39 is 10.0 Å². The first kappa shape index (κ1) is 16.9. The Morgan fingerprint density at radius 1 is 1.13 bits per heavy atom. The van der Waals surface area contributed by atoms with Crippen molar-refractivity contribution in [1.82, 2.24) is 9.21 Å². The van der Waals surface area contributed by atoms with Crippen molar-refractivity contribution >= 4 is 10.0 Å². The minimum Gasteiger partial charge on any atom is -0.299 e. The largest absolute Gasteiger partial charge is 0.299 e. The van der Waals surface area contributed by atoms with Gasteiger partial charge < -0.3 is 0 Å². The molecule has 1 aromatic carbocycles. The Labute approximate surface area is 140 Å². The molecule has 1 saturated carbocycles. The molecule has 5 heteroatoms. The van der Waals surface area contributed by atoms with E-state index in [0.29, 0.717) is 0 Å². The molecule has 23 heavy (non-hydrogen) atoms. The van der Waals surface area contributed by atoms with Crippen molar-refractivity contribution in [1.29, 1.82) is 0 Å². The third-order valence-electron chi connectivity index (χ3n) is 5.32. The van der Waals surface area contributed by atoms with Crippen LogP contribution in [0.2, 0.25) is 0 Å². The fourth-order valence-corrected chi connectivity index (χ4v) is 5.29. The smallest absolute Gasteiger partial charge is 0.216 e. The van der Waals surface area contributed by atoms with E-state index in [9.17, 15) is 8.42 Å². The highest BCUT2D eigenvalue weighted by Crippen LogP contribution is 2.32. The Hall–Kier alpha value is -0.910. The summed E-state index contributed by atoms with van der Waals surface area (Å²) in [4.78, 5) is 2.45. The van der Waals surface area contributed by atoms with Crippen LogP contribution in [0.15, 0.2) is 18.2 Å². The second-order valence-corrected chi connectivity index (χ2v) is 9.47. The van der Waals surface area contributed by atoms with Gasteiger partial charge in [0.1, 0.15) is 0 Å². The molecule has 0 radical (unpaired) electrons. The molecule has 3 rings (SSSR count). The van der Waals surface area contributed by atoms with Gasteiger partial charge in [0.25, 0.3) is 0 Å². The summed E-state index contributed by atoms with van der Waals surface area (Å²) in [6, 6.07) is 6.79. The molecule has 1 aliphatic carbocycles. The number of sulfonamides is 1. The summed E-state index contributed by atoms with van der Waals surface area (Å²) in [6.07, 6.45) is 3.57. The summed E-state index contributed by atoms with van der Waals surface area (Å²) < 4.78 is 26.4. The molecule has 1 heterocycles. The molecular formula is C18H28N2O2S. The van der Waals surface area contributed by atoms with Gasteiger partial charge in [-0.1, -0.05) is 23.8 Å². The zero-order chi connectivity index (χ0) is 16.6. The van der Waals surface area contributed by atoms with Crippen LogP contribution in [0.4, 0.5) is 0 Å². The van der Waals surface area contributed by atoms with Crippen LogP contribution in [0.25, 0.3) is 0 Å². The average Bonchev–Trinajstić information content (AvgIpc) is 3.36. The zero-order valence-electron chi connectivity index (χ0n) is 14.5. The van der Waals surface area contributed by atoms with Crippen LogP contribution in [0, 0.1) is 13.8 Å². The van der Waals surface area contributed by atoms with Crippen molar-refractivity contribution in [2.45, 2.75) is 57.4 Å². The maximum absolute atomic E-state index is 12.4. The lowest BCUT2D eigenvalue weighted by molar-refractivity contribution is 0.163. The summed E-state index contributed by atoms with van der Waals surface area (Å²) in [6.45, 7) is 7.22. The van der Waals surface area contributed by atoms with Crippen LogP contribution in [0.3, 0.4) is 0 Å². The van der Waals surface area contributed by atoms with Gasteiger partial charge in [0.2, 0.25) is 10.0 Å². The highest BCUT2D eigenvalue weighted by Gasteiger charge is 2.41. The van der Waals surface area contributed by atoms with Gasteiger partial charge in [0.15, 0.2) is 0 Å². The van der Waals surface area contributed by atoms with Crippen molar-refractivity contribution in [3.63, 3.8) is 0 Å². The minimum absolute atomic E-state index is 0.0968. The fraction of sp³-hybridized carbons (Fsp3) is 0.667. The first-order valence-corrected chi connectivity index (χ1v) is 10.1. The molecule has 0 N–H and O–H groups in total. The molecule has 4 nitrogen and oxygen atoms in total. The minimum atomic E-state index is -3.04. The Kier molecular flexibility index (Phi) is 4.81. The monoisotopic (exact) mass is 336 g/mol. The highest BCUT2D eigenvalue weighted by atomic mass is 32.2. The summed E-state index contributed by atoms with van der Waals surface area (Å²) in [5.74, 6) is 0. The summed E-state index contributed by atoms with van der Waals surface area (Å²) in [7, 11) is -1.26. The fourth-order valence-electron chi connectivity index (χ4n) is 3.46. The van der Waals surface area contributed by atoms with Crippen molar-refractivity contribution < 1.29 is 8.42 Å². The molecule has 0 atom stereocenters. The molecule has 2 fully saturated rings. The number of benzene rings is 1. The topological polar surface area (TPSA) is 40.6 Å². The average molecular weight is 337 g/mol. The quantitative estimate of drug-likeness (QED) is 0.830. The number of likely N-dealkylation sites (tertiary alicyclic amines) is 1. The Balaban J connectivity index is 1.57. The number of aryl methyl sites for hydroxylation is 2. The second-order valence-electron chi connectivity index (χ2n) is 7.20. The van der Waals surface area contributed by atoms with Gasteiger partial charge in [0, 0.05) is 32.7 Å². The van der Waals surface area contributed by atoms with E-state index >= 15 is 0 Å². The normalized spacial score (nSPS) is 21.0. The van der Waals surface area contributed by atoms with Crippen molar-refractivity contribution in [2.75, 3.05) is 20.1 Å². The SMILES string of the molecule is Cc1ccc(C)c(CN2CCC(N(C)S(=O)(=O)C3CC3)CC2)c1. The lowest BCUT2D eigenvalue weighted by atomic mass is 10.0. The van der Waals surface area contributed by atoms with Crippen LogP contribution in [-0.2, 0) is 16.6 Å². The van der Waals surface area contributed by atoms with E-state index in [0.717, 1.165) is 45.3 Å². The van der Waals surface area contributed by atoms with Gasteiger partial charge in [-0.15, -0.1) is 0 Å². The number of rotatable bonds is 5. The molecule has 0 amide bonds. The van der Waals surface area contributed by atoms with Gasteiger partial charge in [-0.3, -0.25) is 4.90 Å². The van der Waals surface area contributed by atoms with Gasteiger partial charge in [-0.25, -0.2) is 12.7 Å². The van der Waals surface area contributed by atoms with E-state index in [1.54, 1.807) is 11.4 Å². The first-order valence-electron chi connectivity index (χ1n) is 8.63. The number of piperidine rings is 1. The lowest BCUT2D eigenvalue weighted by Crippen LogP contribution is -2.46. The third-order valence-corrected chi connectivity index (χ3v) is 7.73. The van der Waals surface area contributed by atoms with Gasteiger partial charge in [-0.05, 0) is 50.7 Å². The molecule has 0 aromatic heterocycles. The molecule has 0 spiro atoms. The van der Waals surface area contributed by atoms with Crippen molar-refractivity contribution in [2.24, 2.45) is 0 Å². The molecule has 2 aliphatic rings. The standard InChI is InChI=1S/C18H28N2O2S/c1-14-4-5-15(2)16(12-14)13-20-10-8-17(9-11-20)19(3)23(21,22)18-6-7-18/h4-5,12,17-18H,6-11,13H2,1-3H3. The van der Waals surface area contributed by atoms with Gasteiger partial charge >= 0.3 is 0 Å². The van der Waals surface area contributed by atoms with Crippen molar-refractivity contribution in [3.8, 4) is 0 Å². The van der Waals surface area contributed by atoms with Crippen LogP contribution < -0.4 is 0 Å². The Morgan fingerprint density at radius 2 is 1.78 bits per heavy atom. The second kappa shape index (κ2) is 6.54. The van der Waals surface area contributed by atoms with Gasteiger partial charge in [-0.2, -0.15) is 0 Å². The molecule has 1 saturated heterocycles. The third kappa shape index (κ3) is 3.78. The lowest BCUT2D eigenvalue weighted by Gasteiger charge is -2.36. The number of nitrogens with zero attached hydrogens (tertiary/aromatic N) is 2. The summed E-state index contributed by atoms with van der Waals surface area (Å²) in [5.41, 5.74) is 4.03. The molecule has 0 unspecified atom stereocenters. The summed E-state index contributed by atoms with van der Waals surface area (Å²) >= 11 is 0. The Morgan fingerprint density at radius 3 is 2.39 bits per heavy atom. The molecule has 128 valence electrons. The van der Waals surface area contributed by atoms with Crippen molar-refractivity contribution in [3.05, 3.63) is 34.9 Å². The van der Waals surface area contributed by atoms with Gasteiger partial charge in [0.05, 0.1) is 5.25 Å². The van der Waals surface area contributed by atoms with E-state index in [1.165, 1.54) is 16.7 Å². The maximum Gasteiger partial charge on any atom is 0.216 e. The van der Waals surface area contributed by atoms with Crippen LogP contribution in [0.1, 0.15) is 42.4 Å². The van der Waals surface area contributed by atoms with Crippen LogP contribution in [0.5, 0.6) is 0 Å². The highest BCUT2D eigenvalue weighted by molar-refractivity contribution is 7.90. The molecule has 1 aromatic rings. The molecular weight excluding hydrogens is 308 g/mol. The van der Waals surface area contributed by atoms with E-state index in [4.69, 9.17) is 0 Å². The van der Waals surface area contributed by atoms with E-state index in [2.05, 4.69) is 36.9 Å². The molecule has 1 aliphatic heterocycles. The van der Waals surface area contributed by atoms with Crippen LogP contribution >= 0.6 is 0 Å². The first-order chi connectivity index (χ1) is 10.9. The predicted molar refractivity (Wildman–Crippen MR) is 93.9 cm³/mol. The molecule has 0 bridgehead atoms.